The first kappa shape index (κ1) is 9.45. The van der Waals surface area contributed by atoms with Crippen molar-refractivity contribution in [2.75, 3.05) is 0 Å². The summed E-state index contributed by atoms with van der Waals surface area (Å²) in [4.78, 5) is 14.4. The molecule has 1 heterocycles. The van der Waals surface area contributed by atoms with Crippen LogP contribution in [0.5, 0.6) is 0 Å². The maximum atomic E-state index is 10.6. The van der Waals surface area contributed by atoms with E-state index in [4.69, 9.17) is 9.52 Å². The van der Waals surface area contributed by atoms with E-state index in [0.29, 0.717) is 5.69 Å². The van der Waals surface area contributed by atoms with Crippen molar-refractivity contribution in [3.05, 3.63) is 42.0 Å². The van der Waals surface area contributed by atoms with Crippen LogP contribution in [0.15, 0.2) is 34.9 Å². The third-order valence-electron chi connectivity index (χ3n) is 2.11. The lowest BCUT2D eigenvalue weighted by atomic mass is 10.1. The van der Waals surface area contributed by atoms with Crippen LogP contribution in [-0.4, -0.2) is 16.1 Å². The number of carboxylic acids is 1. The highest BCUT2D eigenvalue weighted by Gasteiger charge is 2.12. The summed E-state index contributed by atoms with van der Waals surface area (Å²) in [6, 6.07) is 7.59. The molecule has 0 bridgehead atoms. The van der Waals surface area contributed by atoms with Crippen molar-refractivity contribution < 1.29 is 14.3 Å². The van der Waals surface area contributed by atoms with Crippen molar-refractivity contribution in [2.45, 2.75) is 6.92 Å². The van der Waals surface area contributed by atoms with Gasteiger partial charge in [-0.25, -0.2) is 9.78 Å². The van der Waals surface area contributed by atoms with Gasteiger partial charge in [0.05, 0.1) is 0 Å². The zero-order valence-electron chi connectivity index (χ0n) is 8.10. The topological polar surface area (TPSA) is 63.3 Å². The Morgan fingerprint density at radius 1 is 1.40 bits per heavy atom. The van der Waals surface area contributed by atoms with Gasteiger partial charge >= 0.3 is 11.9 Å². The van der Waals surface area contributed by atoms with Crippen molar-refractivity contribution in [1.29, 1.82) is 0 Å². The summed E-state index contributed by atoms with van der Waals surface area (Å²) >= 11 is 0. The van der Waals surface area contributed by atoms with Gasteiger partial charge in [-0.05, 0) is 12.5 Å². The number of rotatable bonds is 2. The highest BCUT2D eigenvalue weighted by molar-refractivity contribution is 5.83. The number of carbonyl (C=O) groups is 1. The predicted octanol–water partition coefficient (Wildman–Crippen LogP) is 2.35. The Bertz CT molecular complexity index is 502. The van der Waals surface area contributed by atoms with Gasteiger partial charge in [-0.1, -0.05) is 24.3 Å². The van der Waals surface area contributed by atoms with Crippen molar-refractivity contribution >= 4 is 5.97 Å². The number of hydrogen-bond acceptors (Lipinski definition) is 3. The van der Waals surface area contributed by atoms with Crippen LogP contribution >= 0.6 is 0 Å². The van der Waals surface area contributed by atoms with E-state index in [2.05, 4.69) is 4.98 Å². The molecule has 0 fully saturated rings. The molecule has 76 valence electrons. The van der Waals surface area contributed by atoms with E-state index in [9.17, 15) is 4.79 Å². The Morgan fingerprint density at radius 2 is 2.13 bits per heavy atom. The van der Waals surface area contributed by atoms with E-state index in [0.717, 1.165) is 11.1 Å². The standard InChI is InChI=1S/C11H9NO3/c1-7-4-2-3-5-8(7)9-6-15-10(12-9)11(13)14/h2-6H,1H3,(H,13,14). The number of aryl methyl sites for hydroxylation is 1. The zero-order chi connectivity index (χ0) is 10.8. The molecule has 4 heteroatoms. The van der Waals surface area contributed by atoms with Crippen molar-refractivity contribution in [2.24, 2.45) is 0 Å². The molecule has 0 saturated heterocycles. The third kappa shape index (κ3) is 1.74. The monoisotopic (exact) mass is 203 g/mol. The molecule has 0 saturated carbocycles. The van der Waals surface area contributed by atoms with Crippen molar-refractivity contribution in [3.63, 3.8) is 0 Å². The molecule has 1 aromatic carbocycles. The number of oxazole rings is 1. The number of aromatic nitrogens is 1. The molecule has 2 rings (SSSR count). The predicted molar refractivity (Wildman–Crippen MR) is 53.6 cm³/mol. The Balaban J connectivity index is 2.46. The normalized spacial score (nSPS) is 10.2. The molecular weight excluding hydrogens is 194 g/mol. The summed E-state index contributed by atoms with van der Waals surface area (Å²) in [5.41, 5.74) is 2.46. The van der Waals surface area contributed by atoms with Crippen LogP contribution in [0.2, 0.25) is 0 Å². The minimum atomic E-state index is -1.16. The second kappa shape index (κ2) is 3.57. The molecule has 15 heavy (non-hydrogen) atoms. The van der Waals surface area contributed by atoms with E-state index in [-0.39, 0.29) is 5.89 Å². The molecular formula is C11H9NO3. The smallest absolute Gasteiger partial charge is 0.392 e. The Hall–Kier alpha value is -2.10. The lowest BCUT2D eigenvalue weighted by Crippen LogP contribution is -1.95. The summed E-state index contributed by atoms with van der Waals surface area (Å²) in [5.74, 6) is -1.44. The van der Waals surface area contributed by atoms with Crippen molar-refractivity contribution in [3.8, 4) is 11.3 Å². The van der Waals surface area contributed by atoms with Gasteiger partial charge in [-0.2, -0.15) is 0 Å². The highest BCUT2D eigenvalue weighted by atomic mass is 16.4. The van der Waals surface area contributed by atoms with Crippen LogP contribution in [0.3, 0.4) is 0 Å². The molecule has 0 aliphatic heterocycles. The lowest BCUT2D eigenvalue weighted by molar-refractivity contribution is 0.0653. The van der Waals surface area contributed by atoms with Crippen LogP contribution < -0.4 is 0 Å². The van der Waals surface area contributed by atoms with Crippen LogP contribution in [0.1, 0.15) is 16.2 Å². The number of benzene rings is 1. The third-order valence-corrected chi connectivity index (χ3v) is 2.11. The Kier molecular flexibility index (Phi) is 2.25. The first-order valence-corrected chi connectivity index (χ1v) is 4.43. The summed E-state index contributed by atoms with van der Waals surface area (Å²) in [7, 11) is 0. The van der Waals surface area contributed by atoms with Gasteiger partial charge in [-0.15, -0.1) is 0 Å². The van der Waals surface area contributed by atoms with Gasteiger partial charge in [0.2, 0.25) is 0 Å². The molecule has 0 spiro atoms. The second-order valence-electron chi connectivity index (χ2n) is 3.16. The highest BCUT2D eigenvalue weighted by Crippen LogP contribution is 2.21. The SMILES string of the molecule is Cc1ccccc1-c1coc(C(=O)O)n1. The van der Waals surface area contributed by atoms with Crippen LogP contribution in [0.25, 0.3) is 11.3 Å². The maximum absolute atomic E-state index is 10.6. The molecule has 0 atom stereocenters. The van der Waals surface area contributed by atoms with Gasteiger partial charge in [-0.3, -0.25) is 0 Å². The number of hydrogen-bond donors (Lipinski definition) is 1. The molecule has 0 radical (unpaired) electrons. The van der Waals surface area contributed by atoms with E-state index < -0.39 is 5.97 Å². The summed E-state index contributed by atoms with van der Waals surface area (Å²) in [6.45, 7) is 1.93. The maximum Gasteiger partial charge on any atom is 0.392 e. The molecule has 0 aliphatic carbocycles. The lowest BCUT2D eigenvalue weighted by Gasteiger charge is -1.99. The van der Waals surface area contributed by atoms with E-state index >= 15 is 0 Å². The first-order valence-electron chi connectivity index (χ1n) is 4.43. The van der Waals surface area contributed by atoms with Crippen molar-refractivity contribution in [1.82, 2.24) is 4.98 Å². The molecule has 1 aromatic heterocycles. The molecule has 0 amide bonds. The minimum absolute atomic E-state index is 0.284. The number of nitrogens with zero attached hydrogens (tertiary/aromatic N) is 1. The summed E-state index contributed by atoms with van der Waals surface area (Å²) in [6.07, 6.45) is 1.35. The molecule has 2 aromatic rings. The molecule has 1 N–H and O–H groups in total. The van der Waals surface area contributed by atoms with Crippen LogP contribution in [-0.2, 0) is 0 Å². The van der Waals surface area contributed by atoms with E-state index in [1.54, 1.807) is 0 Å². The second-order valence-corrected chi connectivity index (χ2v) is 3.16. The number of carboxylic acid groups (broad SMARTS) is 1. The minimum Gasteiger partial charge on any atom is -0.474 e. The number of aromatic carboxylic acids is 1. The summed E-state index contributed by atoms with van der Waals surface area (Å²) in [5, 5.41) is 8.66. The fraction of sp³-hybridized carbons (Fsp3) is 0.0909. The van der Waals surface area contributed by atoms with Crippen LogP contribution in [0, 0.1) is 6.92 Å². The average molecular weight is 203 g/mol. The van der Waals surface area contributed by atoms with Gasteiger partial charge < -0.3 is 9.52 Å². The van der Waals surface area contributed by atoms with Crippen LogP contribution in [0.4, 0.5) is 0 Å². The van der Waals surface area contributed by atoms with E-state index in [1.807, 2.05) is 31.2 Å². The Morgan fingerprint density at radius 3 is 2.73 bits per heavy atom. The van der Waals surface area contributed by atoms with Gasteiger partial charge in [0.15, 0.2) is 0 Å². The van der Waals surface area contributed by atoms with Gasteiger partial charge in [0.1, 0.15) is 12.0 Å². The fourth-order valence-electron chi connectivity index (χ4n) is 1.36. The first-order chi connectivity index (χ1) is 7.18. The molecule has 0 aliphatic rings. The van der Waals surface area contributed by atoms with Gasteiger partial charge in [0, 0.05) is 5.56 Å². The van der Waals surface area contributed by atoms with E-state index in [1.165, 1.54) is 6.26 Å². The average Bonchev–Trinajstić information content (AvgIpc) is 2.67. The molecule has 0 unspecified atom stereocenters. The zero-order valence-corrected chi connectivity index (χ0v) is 8.10. The molecule has 4 nitrogen and oxygen atoms in total. The summed E-state index contributed by atoms with van der Waals surface area (Å²) < 4.78 is 4.82. The fourth-order valence-corrected chi connectivity index (χ4v) is 1.36. The Labute approximate surface area is 86.2 Å². The largest absolute Gasteiger partial charge is 0.474 e. The van der Waals surface area contributed by atoms with Gasteiger partial charge in [0.25, 0.3) is 0 Å². The quantitative estimate of drug-likeness (QED) is 0.813.